The Balaban J connectivity index is 2.07. The highest BCUT2D eigenvalue weighted by Crippen LogP contribution is 2.12. The van der Waals surface area contributed by atoms with Crippen molar-refractivity contribution in [3.05, 3.63) is 65.7 Å². The fourth-order valence-corrected chi connectivity index (χ4v) is 2.21. The zero-order chi connectivity index (χ0) is 16.8. The van der Waals surface area contributed by atoms with E-state index in [2.05, 4.69) is 10.6 Å². The molecule has 2 aromatic rings. The van der Waals surface area contributed by atoms with Gasteiger partial charge in [-0.1, -0.05) is 49.7 Å². The van der Waals surface area contributed by atoms with Gasteiger partial charge in [-0.05, 0) is 37.1 Å². The van der Waals surface area contributed by atoms with Gasteiger partial charge in [-0.3, -0.25) is 9.59 Å². The Bertz CT molecular complexity index is 664. The Morgan fingerprint density at radius 1 is 0.913 bits per heavy atom. The van der Waals surface area contributed by atoms with Crippen molar-refractivity contribution in [3.63, 3.8) is 0 Å². The molecule has 0 radical (unpaired) electrons. The number of aryl methyl sites for hydroxylation is 1. The molecule has 0 heterocycles. The monoisotopic (exact) mass is 310 g/mol. The highest BCUT2D eigenvalue weighted by Gasteiger charge is 2.24. The molecule has 1 unspecified atom stereocenters. The highest BCUT2D eigenvalue weighted by molar-refractivity contribution is 6.01. The summed E-state index contributed by atoms with van der Waals surface area (Å²) in [5, 5.41) is 5.67. The van der Waals surface area contributed by atoms with Crippen molar-refractivity contribution in [2.75, 3.05) is 5.32 Å². The maximum atomic E-state index is 12.5. The molecule has 0 saturated heterocycles. The van der Waals surface area contributed by atoms with E-state index in [1.807, 2.05) is 51.1 Å². The first kappa shape index (κ1) is 16.7. The van der Waals surface area contributed by atoms with Crippen LogP contribution in [0.5, 0.6) is 0 Å². The Morgan fingerprint density at radius 3 is 2.09 bits per heavy atom. The van der Waals surface area contributed by atoms with E-state index in [1.54, 1.807) is 24.3 Å². The zero-order valence-corrected chi connectivity index (χ0v) is 13.7. The summed E-state index contributed by atoms with van der Waals surface area (Å²) in [5.41, 5.74) is 2.39. The molecule has 2 aromatic carbocycles. The minimum Gasteiger partial charge on any atom is -0.340 e. The first-order valence-electron chi connectivity index (χ1n) is 7.71. The molecule has 4 nitrogen and oxygen atoms in total. The molecule has 0 aliphatic rings. The molecule has 2 rings (SSSR count). The highest BCUT2D eigenvalue weighted by atomic mass is 16.2. The van der Waals surface area contributed by atoms with Crippen molar-refractivity contribution >= 4 is 17.5 Å². The Labute approximate surface area is 136 Å². The summed E-state index contributed by atoms with van der Waals surface area (Å²) in [7, 11) is 0. The summed E-state index contributed by atoms with van der Waals surface area (Å²) in [6.45, 7) is 5.80. The third kappa shape index (κ3) is 4.68. The van der Waals surface area contributed by atoms with Crippen LogP contribution in [-0.4, -0.2) is 17.9 Å². The van der Waals surface area contributed by atoms with Crippen LogP contribution < -0.4 is 10.6 Å². The molecule has 0 saturated carbocycles. The number of hydrogen-bond acceptors (Lipinski definition) is 2. The predicted molar refractivity (Wildman–Crippen MR) is 92.3 cm³/mol. The summed E-state index contributed by atoms with van der Waals surface area (Å²) in [4.78, 5) is 24.7. The number of carbonyl (C=O) groups is 2. The van der Waals surface area contributed by atoms with Gasteiger partial charge >= 0.3 is 0 Å². The van der Waals surface area contributed by atoms with Crippen LogP contribution >= 0.6 is 0 Å². The molecular formula is C19H22N2O2. The molecule has 0 bridgehead atoms. The van der Waals surface area contributed by atoms with Crippen LogP contribution in [-0.2, 0) is 4.79 Å². The van der Waals surface area contributed by atoms with Crippen LogP contribution in [0.15, 0.2) is 54.6 Å². The van der Waals surface area contributed by atoms with E-state index in [1.165, 1.54) is 0 Å². The molecule has 120 valence electrons. The predicted octanol–water partition coefficient (Wildman–Crippen LogP) is 3.39. The number of nitrogens with one attached hydrogen (secondary N) is 2. The first-order chi connectivity index (χ1) is 11.0. The summed E-state index contributed by atoms with van der Waals surface area (Å²) in [6.07, 6.45) is 0. The molecule has 0 spiro atoms. The molecule has 2 N–H and O–H groups in total. The van der Waals surface area contributed by atoms with E-state index < -0.39 is 6.04 Å². The lowest BCUT2D eigenvalue weighted by Crippen LogP contribution is -2.47. The molecule has 0 aromatic heterocycles. The average molecular weight is 310 g/mol. The van der Waals surface area contributed by atoms with Crippen molar-refractivity contribution in [1.82, 2.24) is 5.32 Å². The molecule has 23 heavy (non-hydrogen) atoms. The van der Waals surface area contributed by atoms with Crippen LogP contribution in [0.1, 0.15) is 29.8 Å². The van der Waals surface area contributed by atoms with Gasteiger partial charge < -0.3 is 10.6 Å². The van der Waals surface area contributed by atoms with Crippen LogP contribution in [0.4, 0.5) is 5.69 Å². The van der Waals surface area contributed by atoms with Crippen LogP contribution in [0.3, 0.4) is 0 Å². The van der Waals surface area contributed by atoms with E-state index in [0.29, 0.717) is 5.56 Å². The largest absolute Gasteiger partial charge is 0.340 e. The van der Waals surface area contributed by atoms with E-state index in [4.69, 9.17) is 0 Å². The van der Waals surface area contributed by atoms with Gasteiger partial charge in [0.05, 0.1) is 0 Å². The molecule has 0 aliphatic heterocycles. The topological polar surface area (TPSA) is 58.2 Å². The molecule has 0 aliphatic carbocycles. The Morgan fingerprint density at radius 2 is 1.52 bits per heavy atom. The van der Waals surface area contributed by atoms with Crippen molar-refractivity contribution in [2.24, 2.45) is 5.92 Å². The van der Waals surface area contributed by atoms with Gasteiger partial charge in [0.2, 0.25) is 5.91 Å². The van der Waals surface area contributed by atoms with Gasteiger partial charge in [0, 0.05) is 11.3 Å². The minimum absolute atomic E-state index is 0.0203. The quantitative estimate of drug-likeness (QED) is 0.889. The van der Waals surface area contributed by atoms with Crippen molar-refractivity contribution < 1.29 is 9.59 Å². The maximum absolute atomic E-state index is 12.5. The zero-order valence-electron chi connectivity index (χ0n) is 13.7. The Hall–Kier alpha value is -2.62. The fourth-order valence-electron chi connectivity index (χ4n) is 2.21. The minimum atomic E-state index is -0.594. The standard InChI is InChI=1S/C19H22N2O2/c1-13(2)17(21-18(22)15-7-5-4-6-8-15)19(23)20-16-11-9-14(3)10-12-16/h4-13,17H,1-3H3,(H,20,23)(H,21,22). The van der Waals surface area contributed by atoms with Gasteiger partial charge in [-0.15, -0.1) is 0 Å². The van der Waals surface area contributed by atoms with Gasteiger partial charge in [0.1, 0.15) is 6.04 Å². The summed E-state index contributed by atoms with van der Waals surface area (Å²) in [5.74, 6) is -0.482. The second kappa shape index (κ2) is 7.58. The summed E-state index contributed by atoms with van der Waals surface area (Å²) >= 11 is 0. The smallest absolute Gasteiger partial charge is 0.251 e. The van der Waals surface area contributed by atoms with Gasteiger partial charge in [-0.25, -0.2) is 0 Å². The SMILES string of the molecule is Cc1ccc(NC(=O)C(NC(=O)c2ccccc2)C(C)C)cc1. The van der Waals surface area contributed by atoms with E-state index in [0.717, 1.165) is 11.3 Å². The summed E-state index contributed by atoms with van der Waals surface area (Å²) < 4.78 is 0. The first-order valence-corrected chi connectivity index (χ1v) is 7.71. The second-order valence-electron chi connectivity index (χ2n) is 5.92. The summed E-state index contributed by atoms with van der Waals surface area (Å²) in [6, 6.07) is 15.9. The lowest BCUT2D eigenvalue weighted by molar-refractivity contribution is -0.118. The van der Waals surface area contributed by atoms with Gasteiger partial charge in [-0.2, -0.15) is 0 Å². The van der Waals surface area contributed by atoms with Gasteiger partial charge in [0.15, 0.2) is 0 Å². The maximum Gasteiger partial charge on any atom is 0.251 e. The molecule has 2 amide bonds. The van der Waals surface area contributed by atoms with Crippen molar-refractivity contribution in [3.8, 4) is 0 Å². The van der Waals surface area contributed by atoms with Gasteiger partial charge in [0.25, 0.3) is 5.91 Å². The number of rotatable bonds is 5. The van der Waals surface area contributed by atoms with E-state index >= 15 is 0 Å². The average Bonchev–Trinajstić information content (AvgIpc) is 2.55. The fraction of sp³-hybridized carbons (Fsp3) is 0.263. The number of anilines is 1. The lowest BCUT2D eigenvalue weighted by Gasteiger charge is -2.21. The Kier molecular flexibility index (Phi) is 5.52. The van der Waals surface area contributed by atoms with Crippen LogP contribution in [0, 0.1) is 12.8 Å². The molecule has 1 atom stereocenters. The normalized spacial score (nSPS) is 11.8. The number of benzene rings is 2. The second-order valence-corrected chi connectivity index (χ2v) is 5.92. The number of hydrogen-bond donors (Lipinski definition) is 2. The number of carbonyl (C=O) groups excluding carboxylic acids is 2. The molecule has 4 heteroatoms. The van der Waals surface area contributed by atoms with Crippen LogP contribution in [0.25, 0.3) is 0 Å². The number of amides is 2. The van der Waals surface area contributed by atoms with E-state index in [-0.39, 0.29) is 17.7 Å². The third-order valence-corrected chi connectivity index (χ3v) is 3.59. The van der Waals surface area contributed by atoms with Crippen molar-refractivity contribution in [1.29, 1.82) is 0 Å². The molecule has 0 fully saturated rings. The van der Waals surface area contributed by atoms with E-state index in [9.17, 15) is 9.59 Å². The third-order valence-electron chi connectivity index (χ3n) is 3.59. The molecular weight excluding hydrogens is 288 g/mol. The lowest BCUT2D eigenvalue weighted by atomic mass is 10.0. The van der Waals surface area contributed by atoms with Crippen molar-refractivity contribution in [2.45, 2.75) is 26.8 Å². The van der Waals surface area contributed by atoms with Crippen LogP contribution in [0.2, 0.25) is 0 Å².